The minimum atomic E-state index is -0.876. The molecule has 0 aliphatic heterocycles. The van der Waals surface area contributed by atoms with Crippen LogP contribution in [0.3, 0.4) is 0 Å². The van der Waals surface area contributed by atoms with Crippen molar-refractivity contribution in [1.82, 2.24) is 5.32 Å². The molecule has 0 aliphatic rings. The molecule has 4 N–H and O–H groups in total. The molecule has 0 aromatic heterocycles. The molecule has 0 saturated heterocycles. The first-order valence-electron chi connectivity index (χ1n) is 10.2. The van der Waals surface area contributed by atoms with Crippen LogP contribution in [0.25, 0.3) is 0 Å². The van der Waals surface area contributed by atoms with Gasteiger partial charge in [0.1, 0.15) is 11.5 Å². The number of hydrogen-bond donors (Lipinski definition) is 4. The Bertz CT molecular complexity index is 887. The molecule has 0 bridgehead atoms. The second kappa shape index (κ2) is 10.7. The van der Waals surface area contributed by atoms with Crippen molar-refractivity contribution in [2.24, 2.45) is 0 Å². The minimum absolute atomic E-state index is 0.0284. The number of aliphatic hydroxyl groups excluding tert-OH is 1. The molecule has 0 spiro atoms. The molecule has 1 atom stereocenters. The van der Waals surface area contributed by atoms with Crippen molar-refractivity contribution >= 4 is 23.2 Å². The van der Waals surface area contributed by atoms with E-state index in [1.807, 2.05) is 34.6 Å². The van der Waals surface area contributed by atoms with Crippen LogP contribution in [0.5, 0.6) is 17.2 Å². The highest BCUT2D eigenvalue weighted by atomic mass is 35.5. The van der Waals surface area contributed by atoms with Crippen LogP contribution >= 0.6 is 11.6 Å². The fourth-order valence-corrected chi connectivity index (χ4v) is 3.05. The molecule has 2 rings (SSSR count). The summed E-state index contributed by atoms with van der Waals surface area (Å²) in [7, 11) is 0. The quantitative estimate of drug-likeness (QED) is 0.419. The zero-order valence-electron chi connectivity index (χ0n) is 18.6. The smallest absolute Gasteiger partial charge is 0.256 e. The molecule has 1 unspecified atom stereocenters. The van der Waals surface area contributed by atoms with Crippen molar-refractivity contribution in [3.63, 3.8) is 0 Å². The van der Waals surface area contributed by atoms with Gasteiger partial charge in [0.2, 0.25) is 0 Å². The van der Waals surface area contributed by atoms with Gasteiger partial charge in [0.15, 0.2) is 5.75 Å². The van der Waals surface area contributed by atoms with Crippen LogP contribution in [0.2, 0.25) is 5.02 Å². The van der Waals surface area contributed by atoms with Gasteiger partial charge in [-0.3, -0.25) is 4.79 Å². The zero-order valence-corrected chi connectivity index (χ0v) is 19.3. The van der Waals surface area contributed by atoms with E-state index in [9.17, 15) is 15.0 Å². The fraction of sp³-hybridized carbons (Fsp3) is 0.435. The van der Waals surface area contributed by atoms with E-state index in [0.717, 1.165) is 0 Å². The number of aromatic hydroxyl groups is 1. The summed E-state index contributed by atoms with van der Waals surface area (Å²) in [5.74, 6) is 0.241. The molecule has 0 saturated carbocycles. The Balaban J connectivity index is 2.29. The lowest BCUT2D eigenvalue weighted by Gasteiger charge is -2.23. The maximum Gasteiger partial charge on any atom is 0.256 e. The Morgan fingerprint density at radius 2 is 1.65 bits per heavy atom. The summed E-state index contributed by atoms with van der Waals surface area (Å²) in [5, 5.41) is 26.8. The molecule has 8 heteroatoms. The average molecular weight is 451 g/mol. The van der Waals surface area contributed by atoms with Gasteiger partial charge >= 0.3 is 0 Å². The van der Waals surface area contributed by atoms with Crippen molar-refractivity contribution in [3.8, 4) is 17.2 Å². The number of benzene rings is 2. The van der Waals surface area contributed by atoms with Crippen molar-refractivity contribution < 1.29 is 24.5 Å². The second-order valence-electron chi connectivity index (χ2n) is 8.06. The fourth-order valence-electron chi connectivity index (χ4n) is 2.83. The summed E-state index contributed by atoms with van der Waals surface area (Å²) in [6.45, 7) is 10.8. The number of hydrogen-bond acceptors (Lipinski definition) is 6. The molecular weight excluding hydrogens is 420 g/mol. The molecule has 2 aromatic carbocycles. The predicted molar refractivity (Wildman–Crippen MR) is 123 cm³/mol. The number of amides is 1. The van der Waals surface area contributed by atoms with E-state index in [1.54, 1.807) is 18.2 Å². The number of carbonyl (C=O) groups is 1. The largest absolute Gasteiger partial charge is 0.504 e. The molecular formula is C23H31ClN2O5. The average Bonchev–Trinajstić information content (AvgIpc) is 2.69. The lowest BCUT2D eigenvalue weighted by Crippen LogP contribution is -2.38. The number of nitrogens with one attached hydrogen (secondary N) is 2. The molecule has 7 nitrogen and oxygen atoms in total. The second-order valence-corrected chi connectivity index (χ2v) is 8.47. The van der Waals surface area contributed by atoms with Crippen molar-refractivity contribution in [2.75, 3.05) is 25.1 Å². The van der Waals surface area contributed by atoms with Crippen LogP contribution in [-0.2, 0) is 0 Å². The zero-order chi connectivity index (χ0) is 23.2. The van der Waals surface area contributed by atoms with Gasteiger partial charge in [-0.2, -0.15) is 0 Å². The summed E-state index contributed by atoms with van der Waals surface area (Å²) in [6.07, 6.45) is -0.876. The van der Waals surface area contributed by atoms with Gasteiger partial charge in [-0.05, 0) is 64.4 Å². The number of ether oxygens (including phenoxy) is 2. The standard InChI is InChI=1S/C23H31ClN2O5/c1-6-30-16-8-15(9-17(12-16)31-7-2)22(29)26-19-11-14(10-18(24)21(19)28)20(27)13-25-23(3,4)5/h8-12,20,25,27-28H,6-7,13H2,1-5H3,(H,26,29). The molecule has 170 valence electrons. The highest BCUT2D eigenvalue weighted by Gasteiger charge is 2.19. The molecule has 1 amide bonds. The number of carbonyl (C=O) groups excluding carboxylic acids is 1. The molecule has 0 aliphatic carbocycles. The summed E-state index contributed by atoms with van der Waals surface area (Å²) in [6, 6.07) is 7.86. The first-order chi connectivity index (χ1) is 14.5. The number of rotatable bonds is 9. The molecule has 0 fully saturated rings. The van der Waals surface area contributed by atoms with Gasteiger partial charge < -0.3 is 30.3 Å². The highest BCUT2D eigenvalue weighted by molar-refractivity contribution is 6.32. The van der Waals surface area contributed by atoms with E-state index in [4.69, 9.17) is 21.1 Å². The summed E-state index contributed by atoms with van der Waals surface area (Å²) >= 11 is 6.14. The van der Waals surface area contributed by atoms with Crippen LogP contribution in [0.4, 0.5) is 5.69 Å². The Labute approximate surface area is 188 Å². The van der Waals surface area contributed by atoms with Crippen molar-refractivity contribution in [1.29, 1.82) is 0 Å². The number of anilines is 1. The van der Waals surface area contributed by atoms with E-state index in [2.05, 4.69) is 10.6 Å². The summed E-state index contributed by atoms with van der Waals surface area (Å²) < 4.78 is 11.0. The van der Waals surface area contributed by atoms with E-state index in [-0.39, 0.29) is 28.5 Å². The molecule has 0 heterocycles. The molecule has 0 radical (unpaired) electrons. The van der Waals surface area contributed by atoms with Gasteiger partial charge in [-0.1, -0.05) is 11.6 Å². The highest BCUT2D eigenvalue weighted by Crippen LogP contribution is 2.36. The Hall–Kier alpha value is -2.48. The first-order valence-corrected chi connectivity index (χ1v) is 10.6. The van der Waals surface area contributed by atoms with Crippen LogP contribution in [0.1, 0.15) is 56.6 Å². The van der Waals surface area contributed by atoms with E-state index >= 15 is 0 Å². The Morgan fingerprint density at radius 1 is 1.06 bits per heavy atom. The van der Waals surface area contributed by atoms with Crippen molar-refractivity contribution in [3.05, 3.63) is 46.5 Å². The van der Waals surface area contributed by atoms with Crippen LogP contribution in [-0.4, -0.2) is 41.4 Å². The maximum atomic E-state index is 12.9. The van der Waals surface area contributed by atoms with E-state index in [0.29, 0.717) is 35.8 Å². The topological polar surface area (TPSA) is 100 Å². The predicted octanol–water partition coefficient (Wildman–Crippen LogP) is 4.52. The van der Waals surface area contributed by atoms with E-state index < -0.39 is 12.0 Å². The first kappa shape index (κ1) is 24.8. The molecule has 31 heavy (non-hydrogen) atoms. The monoisotopic (exact) mass is 450 g/mol. The number of phenolic OH excluding ortho intramolecular Hbond substituents is 1. The van der Waals surface area contributed by atoms with Crippen LogP contribution in [0.15, 0.2) is 30.3 Å². The number of β-amino-alcohol motifs (C(OH)–C–C–N with tert-alkyl or cyclic N) is 1. The lowest BCUT2D eigenvalue weighted by molar-refractivity contribution is 0.102. The summed E-state index contributed by atoms with van der Waals surface area (Å²) in [4.78, 5) is 12.9. The van der Waals surface area contributed by atoms with Crippen LogP contribution < -0.4 is 20.1 Å². The Morgan fingerprint density at radius 3 is 2.16 bits per heavy atom. The normalized spacial score (nSPS) is 12.4. The lowest BCUT2D eigenvalue weighted by atomic mass is 10.0. The Kier molecular flexibility index (Phi) is 8.56. The summed E-state index contributed by atoms with van der Waals surface area (Å²) in [5.41, 5.74) is 0.683. The third kappa shape index (κ3) is 7.31. The third-order valence-electron chi connectivity index (χ3n) is 4.31. The number of aliphatic hydroxyl groups is 1. The van der Waals surface area contributed by atoms with Gasteiger partial charge in [-0.25, -0.2) is 0 Å². The molecule has 2 aromatic rings. The van der Waals surface area contributed by atoms with Crippen molar-refractivity contribution in [2.45, 2.75) is 46.3 Å². The van der Waals surface area contributed by atoms with E-state index in [1.165, 1.54) is 12.1 Å². The van der Waals surface area contributed by atoms with Gasteiger partial charge in [0, 0.05) is 23.7 Å². The SMILES string of the molecule is CCOc1cc(OCC)cc(C(=O)Nc2cc(C(O)CNC(C)(C)C)cc(Cl)c2O)c1. The van der Waals surface area contributed by atoms with Crippen LogP contribution in [0, 0.1) is 0 Å². The minimum Gasteiger partial charge on any atom is -0.504 e. The number of halogens is 1. The van der Waals surface area contributed by atoms with Gasteiger partial charge in [0.05, 0.1) is 30.0 Å². The van der Waals surface area contributed by atoms with Gasteiger partial charge in [-0.15, -0.1) is 0 Å². The van der Waals surface area contributed by atoms with Gasteiger partial charge in [0.25, 0.3) is 5.91 Å². The maximum absolute atomic E-state index is 12.9. The number of phenols is 1. The third-order valence-corrected chi connectivity index (χ3v) is 4.60.